The van der Waals surface area contributed by atoms with Crippen LogP contribution in [0.2, 0.25) is 0 Å². The van der Waals surface area contributed by atoms with Gasteiger partial charge in [-0.05, 0) is 18.8 Å². The van der Waals surface area contributed by atoms with E-state index in [0.717, 1.165) is 13.0 Å². The van der Waals surface area contributed by atoms with Gasteiger partial charge in [0.15, 0.2) is 0 Å². The number of unbranched alkanes of at least 4 members (excludes halogenated alkanes) is 1. The Morgan fingerprint density at radius 1 is 0.438 bits per heavy atom. The Labute approximate surface area is 287 Å². The number of carbonyl (C=O) groups is 2. The van der Waals surface area contributed by atoms with Crippen molar-refractivity contribution in [2.24, 2.45) is 5.92 Å². The molecule has 0 aromatic rings. The fraction of sp³-hybridized carbons (Fsp3) is 0.939. The Morgan fingerprint density at radius 3 is 1.00 bits per heavy atom. The Morgan fingerprint density at radius 2 is 0.708 bits per heavy atom. The van der Waals surface area contributed by atoms with Crippen LogP contribution < -0.4 is 0 Å². The maximum absolute atomic E-state index is 11.5. The van der Waals surface area contributed by atoms with Gasteiger partial charge in [-0.15, -0.1) is 0 Å². The van der Waals surface area contributed by atoms with Crippen molar-refractivity contribution in [2.75, 3.05) is 152 Å². The molecule has 286 valence electrons. The van der Waals surface area contributed by atoms with Crippen LogP contribution in [0.3, 0.4) is 0 Å². The Balaban J connectivity index is 3.10. The van der Waals surface area contributed by atoms with Gasteiger partial charge in [0, 0.05) is 19.4 Å². The minimum absolute atomic E-state index is 0.0605. The number of hydrogen-bond acceptors (Lipinski definition) is 14. The third-order valence-electron chi connectivity index (χ3n) is 6.33. The third kappa shape index (κ3) is 40.7. The van der Waals surface area contributed by atoms with Crippen molar-refractivity contribution >= 4 is 11.9 Å². The average molecular weight is 701 g/mol. The van der Waals surface area contributed by atoms with Crippen molar-refractivity contribution in [1.82, 2.24) is 0 Å². The summed E-state index contributed by atoms with van der Waals surface area (Å²) in [6.07, 6.45) is 2.36. The number of esters is 1. The van der Waals surface area contributed by atoms with Crippen molar-refractivity contribution < 1.29 is 71.5 Å². The summed E-state index contributed by atoms with van der Waals surface area (Å²) >= 11 is 0. The molecule has 0 saturated carbocycles. The van der Waals surface area contributed by atoms with Gasteiger partial charge >= 0.3 is 11.9 Å². The number of aliphatic carboxylic acids is 1. The van der Waals surface area contributed by atoms with Crippen LogP contribution in [-0.2, 0) is 66.4 Å². The first-order valence-corrected chi connectivity index (χ1v) is 17.3. The van der Waals surface area contributed by atoms with E-state index in [1.54, 1.807) is 0 Å². The van der Waals surface area contributed by atoms with Crippen molar-refractivity contribution in [1.29, 1.82) is 0 Å². The predicted molar refractivity (Wildman–Crippen MR) is 176 cm³/mol. The van der Waals surface area contributed by atoms with E-state index in [4.69, 9.17) is 61.9 Å². The van der Waals surface area contributed by atoms with Crippen LogP contribution in [0.4, 0.5) is 0 Å². The molecule has 0 heterocycles. The number of hydrogen-bond donors (Lipinski definition) is 1. The van der Waals surface area contributed by atoms with Crippen LogP contribution in [0.15, 0.2) is 0 Å². The van der Waals surface area contributed by atoms with Crippen LogP contribution in [0.5, 0.6) is 0 Å². The fourth-order valence-corrected chi connectivity index (χ4v) is 3.43. The van der Waals surface area contributed by atoms with E-state index in [9.17, 15) is 9.59 Å². The van der Waals surface area contributed by atoms with E-state index >= 15 is 0 Å². The predicted octanol–water partition coefficient (Wildman–Crippen LogP) is 2.40. The monoisotopic (exact) mass is 700 g/mol. The Hall–Kier alpha value is -1.50. The molecule has 0 bridgehead atoms. The van der Waals surface area contributed by atoms with E-state index < -0.39 is 5.97 Å². The lowest BCUT2D eigenvalue weighted by atomic mass is 10.1. The lowest BCUT2D eigenvalue weighted by Gasteiger charge is -2.10. The summed E-state index contributed by atoms with van der Waals surface area (Å²) in [7, 11) is 0. The van der Waals surface area contributed by atoms with Gasteiger partial charge in [0.1, 0.15) is 6.61 Å². The van der Waals surface area contributed by atoms with Crippen molar-refractivity contribution in [3.05, 3.63) is 0 Å². The summed E-state index contributed by atoms with van der Waals surface area (Å²) in [5, 5.41) is 8.55. The van der Waals surface area contributed by atoms with Crippen molar-refractivity contribution in [3.8, 4) is 0 Å². The number of rotatable bonds is 41. The molecule has 0 radical (unpaired) electrons. The molecule has 0 amide bonds. The first-order chi connectivity index (χ1) is 23.6. The highest BCUT2D eigenvalue weighted by Gasteiger charge is 2.04. The number of carbonyl (C=O) groups excluding carboxylic acids is 1. The van der Waals surface area contributed by atoms with Gasteiger partial charge in [0.25, 0.3) is 0 Å². The van der Waals surface area contributed by atoms with Gasteiger partial charge in [0.05, 0.1) is 139 Å². The van der Waals surface area contributed by atoms with Gasteiger partial charge in [-0.2, -0.15) is 0 Å². The van der Waals surface area contributed by atoms with Crippen molar-refractivity contribution in [2.45, 2.75) is 46.0 Å². The summed E-state index contributed by atoms with van der Waals surface area (Å²) in [6.45, 7) is 15.5. The Bertz CT molecular complexity index is 671. The van der Waals surface area contributed by atoms with Crippen LogP contribution in [0, 0.1) is 5.92 Å². The second-order valence-electron chi connectivity index (χ2n) is 10.5. The number of ether oxygens (including phenoxy) is 12. The third-order valence-corrected chi connectivity index (χ3v) is 6.33. The quantitative estimate of drug-likeness (QED) is 0.0730. The second kappa shape index (κ2) is 39.9. The zero-order valence-corrected chi connectivity index (χ0v) is 29.5. The van der Waals surface area contributed by atoms with Crippen LogP contribution in [-0.4, -0.2) is 169 Å². The first-order valence-electron chi connectivity index (χ1n) is 17.3. The van der Waals surface area contributed by atoms with E-state index in [1.807, 2.05) is 0 Å². The minimum atomic E-state index is -0.862. The first kappa shape index (κ1) is 46.5. The van der Waals surface area contributed by atoms with Gasteiger partial charge in [-0.25, -0.2) is 0 Å². The molecule has 0 aliphatic heterocycles. The topological polar surface area (TPSA) is 165 Å². The summed E-state index contributed by atoms with van der Waals surface area (Å²) in [4.78, 5) is 21.9. The molecule has 1 N–H and O–H groups in total. The van der Waals surface area contributed by atoms with Crippen LogP contribution in [0.1, 0.15) is 46.0 Å². The Kier molecular flexibility index (Phi) is 38.7. The van der Waals surface area contributed by atoms with Gasteiger partial charge < -0.3 is 61.9 Å². The molecule has 15 nitrogen and oxygen atoms in total. The normalized spacial score (nSPS) is 12.0. The molecule has 15 heteroatoms. The van der Waals surface area contributed by atoms with E-state index in [0.29, 0.717) is 151 Å². The molecule has 0 aromatic heterocycles. The lowest BCUT2D eigenvalue weighted by molar-refractivity contribution is -0.146. The summed E-state index contributed by atoms with van der Waals surface area (Å²) in [6, 6.07) is 0. The molecule has 0 rings (SSSR count). The molecule has 0 saturated heterocycles. The highest BCUT2D eigenvalue weighted by Crippen LogP contribution is 2.01. The highest BCUT2D eigenvalue weighted by atomic mass is 16.6. The van der Waals surface area contributed by atoms with Crippen LogP contribution >= 0.6 is 0 Å². The molecular weight excluding hydrogens is 636 g/mol. The molecule has 1 unspecified atom stereocenters. The number of carboxylic acids is 1. The average Bonchev–Trinajstić information content (AvgIpc) is 3.08. The second-order valence-corrected chi connectivity index (χ2v) is 10.5. The minimum Gasteiger partial charge on any atom is -0.481 e. The van der Waals surface area contributed by atoms with Gasteiger partial charge in [0.2, 0.25) is 0 Å². The van der Waals surface area contributed by atoms with E-state index in [2.05, 4.69) is 13.8 Å². The molecule has 48 heavy (non-hydrogen) atoms. The maximum atomic E-state index is 11.5. The molecular formula is C33H64O15. The van der Waals surface area contributed by atoms with Crippen molar-refractivity contribution in [3.63, 3.8) is 0 Å². The molecule has 0 aliphatic rings. The summed E-state index contributed by atoms with van der Waals surface area (Å²) < 4.78 is 65.0. The number of carboxylic acid groups (broad SMARTS) is 1. The van der Waals surface area contributed by atoms with E-state index in [-0.39, 0.29) is 32.0 Å². The molecule has 0 aliphatic carbocycles. The smallest absolute Gasteiger partial charge is 0.305 e. The zero-order valence-electron chi connectivity index (χ0n) is 29.5. The van der Waals surface area contributed by atoms with Gasteiger partial charge in [-0.1, -0.05) is 20.3 Å². The molecule has 1 atom stereocenters. The van der Waals surface area contributed by atoms with Crippen LogP contribution in [0.25, 0.3) is 0 Å². The lowest BCUT2D eigenvalue weighted by Crippen LogP contribution is -2.15. The SMILES string of the molecule is CCC(C)COCCOCCOCCOCCOCCOCCOCCOCCOCCOCCOCCOC(=O)CCCCC(=O)O. The zero-order chi connectivity index (χ0) is 35.0. The van der Waals surface area contributed by atoms with Gasteiger partial charge in [-0.3, -0.25) is 9.59 Å². The maximum Gasteiger partial charge on any atom is 0.305 e. The molecule has 0 aromatic carbocycles. The highest BCUT2D eigenvalue weighted by molar-refractivity contribution is 5.69. The molecule has 0 spiro atoms. The summed E-state index contributed by atoms with van der Waals surface area (Å²) in [5.74, 6) is -0.619. The largest absolute Gasteiger partial charge is 0.481 e. The fourth-order valence-electron chi connectivity index (χ4n) is 3.43. The van der Waals surface area contributed by atoms with E-state index in [1.165, 1.54) is 0 Å². The molecule has 0 fully saturated rings. The standard InChI is InChI=1S/C33H64O15/c1-3-31(2)30-47-27-26-45-23-22-43-19-18-41-15-14-39-11-10-37-8-9-38-12-13-40-16-17-42-20-21-44-24-25-46-28-29-48-33(36)7-5-4-6-32(34)35/h31H,3-30H2,1-2H3,(H,34,35). The summed E-state index contributed by atoms with van der Waals surface area (Å²) in [5.41, 5.74) is 0.